The van der Waals surface area contributed by atoms with Gasteiger partial charge in [0.1, 0.15) is 12.3 Å². The van der Waals surface area contributed by atoms with E-state index in [0.29, 0.717) is 16.3 Å². The molecule has 1 aliphatic rings. The Morgan fingerprint density at radius 3 is 2.46 bits per heavy atom. The maximum atomic E-state index is 13.0. The molecule has 1 saturated heterocycles. The van der Waals surface area contributed by atoms with Crippen LogP contribution in [0.3, 0.4) is 0 Å². The predicted molar refractivity (Wildman–Crippen MR) is 139 cm³/mol. The molecule has 0 aliphatic carbocycles. The first kappa shape index (κ1) is 24.3. The summed E-state index contributed by atoms with van der Waals surface area (Å²) in [7, 11) is 1.56. The van der Waals surface area contributed by atoms with E-state index in [0.717, 1.165) is 39.3 Å². The summed E-state index contributed by atoms with van der Waals surface area (Å²) in [6.45, 7) is 7.82. The summed E-state index contributed by atoms with van der Waals surface area (Å²) in [4.78, 5) is 39.3. The molecular formula is C27H27N3O4S. The summed E-state index contributed by atoms with van der Waals surface area (Å²) in [6.07, 6.45) is 1.73. The van der Waals surface area contributed by atoms with Gasteiger partial charge in [-0.3, -0.25) is 19.3 Å². The van der Waals surface area contributed by atoms with Crippen LogP contribution in [0.25, 0.3) is 11.8 Å². The third kappa shape index (κ3) is 4.88. The van der Waals surface area contributed by atoms with Crippen molar-refractivity contribution >= 4 is 40.6 Å². The molecule has 0 atom stereocenters. The van der Waals surface area contributed by atoms with Gasteiger partial charge in [-0.1, -0.05) is 12.1 Å². The minimum absolute atomic E-state index is 0.300. The van der Waals surface area contributed by atoms with Gasteiger partial charge in [0.15, 0.2) is 0 Å². The molecule has 180 valence electrons. The second kappa shape index (κ2) is 9.84. The van der Waals surface area contributed by atoms with Crippen molar-refractivity contribution in [2.75, 3.05) is 19.0 Å². The van der Waals surface area contributed by atoms with Gasteiger partial charge in [-0.25, -0.2) is 0 Å². The van der Waals surface area contributed by atoms with Crippen LogP contribution in [0.15, 0.2) is 53.4 Å². The van der Waals surface area contributed by atoms with E-state index < -0.39 is 17.1 Å². The lowest BCUT2D eigenvalue weighted by Crippen LogP contribution is -2.36. The Bertz CT molecular complexity index is 1360. The van der Waals surface area contributed by atoms with E-state index in [-0.39, 0.29) is 6.54 Å². The minimum atomic E-state index is -0.471. The predicted octanol–water partition coefficient (Wildman–Crippen LogP) is 5.39. The molecule has 2 heterocycles. The molecule has 0 bridgehead atoms. The monoisotopic (exact) mass is 489 g/mol. The van der Waals surface area contributed by atoms with Crippen molar-refractivity contribution in [3.63, 3.8) is 0 Å². The van der Waals surface area contributed by atoms with E-state index in [1.54, 1.807) is 37.5 Å². The number of hydrogen-bond donors (Lipinski definition) is 1. The first-order chi connectivity index (χ1) is 16.7. The Labute approximate surface area is 208 Å². The fourth-order valence-corrected chi connectivity index (χ4v) is 4.91. The highest BCUT2D eigenvalue weighted by Crippen LogP contribution is 2.34. The van der Waals surface area contributed by atoms with E-state index in [1.807, 2.05) is 26.0 Å². The van der Waals surface area contributed by atoms with Gasteiger partial charge in [0.05, 0.1) is 12.0 Å². The van der Waals surface area contributed by atoms with Crippen LogP contribution >= 0.6 is 11.8 Å². The van der Waals surface area contributed by atoms with Crippen molar-refractivity contribution in [1.82, 2.24) is 9.47 Å². The fraction of sp³-hybridized carbons (Fsp3) is 0.222. The molecule has 7 nitrogen and oxygen atoms in total. The lowest BCUT2D eigenvalue weighted by Gasteiger charge is -2.14. The van der Waals surface area contributed by atoms with Crippen molar-refractivity contribution in [2.45, 2.75) is 27.7 Å². The van der Waals surface area contributed by atoms with Gasteiger partial charge in [0.25, 0.3) is 11.1 Å². The van der Waals surface area contributed by atoms with Crippen LogP contribution in [0.5, 0.6) is 5.75 Å². The molecule has 1 N–H and O–H groups in total. The number of carbonyl (C=O) groups excluding carboxylic acids is 3. The lowest BCUT2D eigenvalue weighted by atomic mass is 10.1. The number of nitrogens with one attached hydrogen (secondary N) is 1. The van der Waals surface area contributed by atoms with Crippen molar-refractivity contribution in [1.29, 1.82) is 0 Å². The van der Waals surface area contributed by atoms with Crippen LogP contribution in [0.1, 0.15) is 28.1 Å². The Morgan fingerprint density at radius 2 is 1.77 bits per heavy atom. The minimum Gasteiger partial charge on any atom is -0.497 e. The molecule has 1 aromatic heterocycles. The van der Waals surface area contributed by atoms with E-state index in [2.05, 4.69) is 35.9 Å². The summed E-state index contributed by atoms with van der Waals surface area (Å²) >= 11 is 0.848. The van der Waals surface area contributed by atoms with Gasteiger partial charge in [-0.2, -0.15) is 0 Å². The average molecular weight is 490 g/mol. The number of methoxy groups -OCH3 is 1. The highest BCUT2D eigenvalue weighted by Gasteiger charge is 2.36. The quantitative estimate of drug-likeness (QED) is 0.469. The number of nitrogens with zero attached hydrogens (tertiary/aromatic N) is 2. The van der Waals surface area contributed by atoms with E-state index >= 15 is 0 Å². The van der Waals surface area contributed by atoms with Crippen molar-refractivity contribution < 1.29 is 19.1 Å². The largest absolute Gasteiger partial charge is 0.497 e. The number of rotatable bonds is 6. The number of amides is 3. The third-order valence-corrected chi connectivity index (χ3v) is 7.03. The van der Waals surface area contributed by atoms with Crippen LogP contribution in [0.2, 0.25) is 0 Å². The summed E-state index contributed by atoms with van der Waals surface area (Å²) in [5.41, 5.74) is 6.88. The molecular weight excluding hydrogens is 462 g/mol. The average Bonchev–Trinajstić information content (AvgIpc) is 3.25. The molecule has 3 amide bonds. The Hall–Kier alpha value is -3.78. The zero-order valence-electron chi connectivity index (χ0n) is 20.3. The number of aromatic nitrogens is 1. The van der Waals surface area contributed by atoms with Crippen LogP contribution in [0, 0.1) is 27.7 Å². The Balaban J connectivity index is 1.53. The topological polar surface area (TPSA) is 80.6 Å². The summed E-state index contributed by atoms with van der Waals surface area (Å²) in [6, 6.07) is 15.0. The Morgan fingerprint density at radius 1 is 1.06 bits per heavy atom. The SMILES string of the molecule is COc1ccc(NC(=O)CN2C(=O)S/C(=C/c3cc(C)n(-c4cccc(C)c4C)c3C)C2=O)cc1. The molecule has 8 heteroatoms. The van der Waals surface area contributed by atoms with Crippen molar-refractivity contribution in [2.24, 2.45) is 0 Å². The molecule has 0 unspecified atom stereocenters. The molecule has 3 aromatic rings. The summed E-state index contributed by atoms with van der Waals surface area (Å²) < 4.78 is 7.26. The zero-order valence-corrected chi connectivity index (χ0v) is 21.2. The first-order valence-corrected chi connectivity index (χ1v) is 12.0. The molecule has 35 heavy (non-hydrogen) atoms. The van der Waals surface area contributed by atoms with E-state index in [1.165, 1.54) is 11.1 Å². The molecule has 0 radical (unpaired) electrons. The van der Waals surface area contributed by atoms with E-state index in [9.17, 15) is 14.4 Å². The lowest BCUT2D eigenvalue weighted by molar-refractivity contribution is -0.127. The molecule has 2 aromatic carbocycles. The normalized spacial score (nSPS) is 14.7. The van der Waals surface area contributed by atoms with Gasteiger partial charge in [-0.15, -0.1) is 0 Å². The fourth-order valence-electron chi connectivity index (χ4n) is 4.08. The highest BCUT2D eigenvalue weighted by molar-refractivity contribution is 8.18. The molecule has 0 spiro atoms. The number of hydrogen-bond acceptors (Lipinski definition) is 5. The number of ether oxygens (including phenoxy) is 1. The van der Waals surface area contributed by atoms with Crippen molar-refractivity contribution in [3.05, 3.63) is 81.5 Å². The van der Waals surface area contributed by atoms with Gasteiger partial charge < -0.3 is 14.6 Å². The highest BCUT2D eigenvalue weighted by atomic mass is 32.2. The van der Waals surface area contributed by atoms with Gasteiger partial charge in [0.2, 0.25) is 5.91 Å². The molecule has 0 saturated carbocycles. The number of imide groups is 1. The van der Waals surface area contributed by atoms with Crippen LogP contribution < -0.4 is 10.1 Å². The molecule has 1 fully saturated rings. The second-order valence-corrected chi connectivity index (χ2v) is 9.42. The van der Waals surface area contributed by atoms with Crippen LogP contribution in [0.4, 0.5) is 10.5 Å². The molecule has 4 rings (SSSR count). The number of carbonyl (C=O) groups is 3. The second-order valence-electron chi connectivity index (χ2n) is 8.43. The summed E-state index contributed by atoms with van der Waals surface area (Å²) in [5, 5.41) is 2.24. The maximum absolute atomic E-state index is 13.0. The van der Waals surface area contributed by atoms with Gasteiger partial charge >= 0.3 is 0 Å². The van der Waals surface area contributed by atoms with E-state index in [4.69, 9.17) is 4.74 Å². The molecule has 1 aliphatic heterocycles. The van der Waals surface area contributed by atoms with Gasteiger partial charge in [0, 0.05) is 22.8 Å². The van der Waals surface area contributed by atoms with Crippen LogP contribution in [-0.2, 0) is 9.59 Å². The van der Waals surface area contributed by atoms with Gasteiger partial charge in [-0.05, 0) is 98.6 Å². The van der Waals surface area contributed by atoms with Crippen LogP contribution in [-0.4, -0.2) is 40.2 Å². The zero-order chi connectivity index (χ0) is 25.3. The number of aryl methyl sites for hydroxylation is 2. The maximum Gasteiger partial charge on any atom is 0.294 e. The summed E-state index contributed by atoms with van der Waals surface area (Å²) in [5.74, 6) is -0.260. The first-order valence-electron chi connectivity index (χ1n) is 11.1. The number of benzene rings is 2. The van der Waals surface area contributed by atoms with Crippen molar-refractivity contribution in [3.8, 4) is 11.4 Å². The number of thioether (sulfide) groups is 1. The number of anilines is 1. The standard InChI is InChI=1S/C27H27N3O4S/c1-16-7-6-8-23(18(16)3)30-17(2)13-20(19(30)4)14-24-26(32)29(27(33)35-24)15-25(31)28-21-9-11-22(34-5)12-10-21/h6-14H,15H2,1-5H3,(H,28,31)/b24-14+. The third-order valence-electron chi connectivity index (χ3n) is 6.12. The Kier molecular flexibility index (Phi) is 6.84. The smallest absolute Gasteiger partial charge is 0.294 e.